The van der Waals surface area contributed by atoms with Crippen molar-refractivity contribution in [2.75, 3.05) is 5.75 Å². The first-order valence-electron chi connectivity index (χ1n) is 6.69. The van der Waals surface area contributed by atoms with Crippen LogP contribution in [0, 0.1) is 6.92 Å². The summed E-state index contributed by atoms with van der Waals surface area (Å²) in [5.74, 6) is 0.507. The van der Waals surface area contributed by atoms with Gasteiger partial charge in [-0.25, -0.2) is 0 Å². The van der Waals surface area contributed by atoms with Gasteiger partial charge in [-0.3, -0.25) is 4.79 Å². The molecule has 0 aliphatic rings. The number of rotatable bonds is 5. The van der Waals surface area contributed by atoms with E-state index in [-0.39, 0.29) is 11.9 Å². The van der Waals surface area contributed by atoms with E-state index >= 15 is 0 Å². The highest BCUT2D eigenvalue weighted by Gasteiger charge is 2.09. The molecule has 0 bridgehead atoms. The molecule has 0 aromatic heterocycles. The van der Waals surface area contributed by atoms with Crippen LogP contribution in [0.5, 0.6) is 0 Å². The minimum absolute atomic E-state index is 0.0412. The fourth-order valence-electron chi connectivity index (χ4n) is 1.89. The van der Waals surface area contributed by atoms with Crippen molar-refractivity contribution in [1.82, 2.24) is 5.32 Å². The highest BCUT2D eigenvalue weighted by Crippen LogP contribution is 2.17. The van der Waals surface area contributed by atoms with Crippen molar-refractivity contribution in [3.63, 3.8) is 0 Å². The zero-order chi connectivity index (χ0) is 14.4. The Hall–Kier alpha value is -1.74. The second kappa shape index (κ2) is 7.15. The van der Waals surface area contributed by atoms with E-state index < -0.39 is 0 Å². The summed E-state index contributed by atoms with van der Waals surface area (Å²) in [5, 5.41) is 3.03. The number of thioether (sulfide) groups is 1. The van der Waals surface area contributed by atoms with E-state index in [0.29, 0.717) is 5.75 Å². The molecule has 0 saturated heterocycles. The van der Waals surface area contributed by atoms with Gasteiger partial charge < -0.3 is 5.32 Å². The Morgan fingerprint density at radius 3 is 2.40 bits per heavy atom. The molecule has 2 rings (SSSR count). The standard InChI is InChI=1S/C17H19NOS/c1-13-8-10-15(11-9-13)14(2)18-17(19)12-20-16-6-4-3-5-7-16/h3-11,14H,12H2,1-2H3,(H,18,19). The summed E-state index contributed by atoms with van der Waals surface area (Å²) < 4.78 is 0. The van der Waals surface area contributed by atoms with Crippen molar-refractivity contribution in [3.05, 3.63) is 65.7 Å². The van der Waals surface area contributed by atoms with Crippen molar-refractivity contribution in [3.8, 4) is 0 Å². The molecule has 0 fully saturated rings. The van der Waals surface area contributed by atoms with E-state index in [9.17, 15) is 4.79 Å². The van der Waals surface area contributed by atoms with E-state index in [1.54, 1.807) is 11.8 Å². The normalized spacial score (nSPS) is 11.9. The Bertz CT molecular complexity index is 551. The summed E-state index contributed by atoms with van der Waals surface area (Å²) in [6.45, 7) is 4.07. The Balaban J connectivity index is 1.83. The summed E-state index contributed by atoms with van der Waals surface area (Å²) >= 11 is 1.56. The van der Waals surface area contributed by atoms with E-state index in [4.69, 9.17) is 0 Å². The van der Waals surface area contributed by atoms with Crippen molar-refractivity contribution in [1.29, 1.82) is 0 Å². The Kier molecular flexibility index (Phi) is 5.24. The Labute approximate surface area is 124 Å². The molecule has 3 heteroatoms. The number of carbonyl (C=O) groups is 1. The van der Waals surface area contributed by atoms with E-state index in [1.807, 2.05) is 37.3 Å². The zero-order valence-corrected chi connectivity index (χ0v) is 12.6. The molecule has 0 radical (unpaired) electrons. The van der Waals surface area contributed by atoms with Crippen molar-refractivity contribution in [2.45, 2.75) is 24.8 Å². The number of aryl methyl sites for hydroxylation is 1. The van der Waals surface area contributed by atoms with Gasteiger partial charge in [-0.2, -0.15) is 0 Å². The van der Waals surface area contributed by atoms with Crippen LogP contribution in [0.2, 0.25) is 0 Å². The van der Waals surface area contributed by atoms with Crippen LogP contribution in [0.25, 0.3) is 0 Å². The SMILES string of the molecule is Cc1ccc(C(C)NC(=O)CSc2ccccc2)cc1. The highest BCUT2D eigenvalue weighted by atomic mass is 32.2. The molecule has 20 heavy (non-hydrogen) atoms. The fraction of sp³-hybridized carbons (Fsp3) is 0.235. The van der Waals surface area contributed by atoms with Gasteiger partial charge in [0.2, 0.25) is 5.91 Å². The van der Waals surface area contributed by atoms with Gasteiger partial charge in [0, 0.05) is 4.90 Å². The number of benzene rings is 2. The van der Waals surface area contributed by atoms with Gasteiger partial charge in [-0.15, -0.1) is 11.8 Å². The van der Waals surface area contributed by atoms with Crippen LogP contribution >= 0.6 is 11.8 Å². The predicted molar refractivity (Wildman–Crippen MR) is 84.9 cm³/mol. The first-order chi connectivity index (χ1) is 9.65. The molecule has 2 nitrogen and oxygen atoms in total. The highest BCUT2D eigenvalue weighted by molar-refractivity contribution is 8.00. The van der Waals surface area contributed by atoms with E-state index in [2.05, 4.69) is 36.5 Å². The van der Waals surface area contributed by atoms with Gasteiger partial charge >= 0.3 is 0 Å². The van der Waals surface area contributed by atoms with Crippen LogP contribution in [0.15, 0.2) is 59.5 Å². The molecule has 2 aromatic carbocycles. The summed E-state index contributed by atoms with van der Waals surface area (Å²) in [7, 11) is 0. The van der Waals surface area contributed by atoms with E-state index in [0.717, 1.165) is 10.5 Å². The molecule has 0 heterocycles. The second-order valence-electron chi connectivity index (χ2n) is 4.80. The first kappa shape index (κ1) is 14.7. The lowest BCUT2D eigenvalue weighted by atomic mass is 10.1. The number of amides is 1. The maximum Gasteiger partial charge on any atom is 0.230 e. The molecule has 1 atom stereocenters. The van der Waals surface area contributed by atoms with Crippen LogP contribution in [0.3, 0.4) is 0 Å². The van der Waals surface area contributed by atoms with Crippen LogP contribution in [-0.4, -0.2) is 11.7 Å². The monoisotopic (exact) mass is 285 g/mol. The molecule has 0 saturated carbocycles. The minimum atomic E-state index is 0.0412. The third-order valence-corrected chi connectivity index (χ3v) is 4.08. The quantitative estimate of drug-likeness (QED) is 0.842. The summed E-state index contributed by atoms with van der Waals surface area (Å²) in [5.41, 5.74) is 2.36. The minimum Gasteiger partial charge on any atom is -0.349 e. The molecule has 2 aromatic rings. The van der Waals surface area contributed by atoms with Gasteiger partial charge in [0.1, 0.15) is 0 Å². The molecule has 1 N–H and O–H groups in total. The van der Waals surface area contributed by atoms with Gasteiger partial charge in [0.05, 0.1) is 11.8 Å². The molecule has 1 unspecified atom stereocenters. The number of nitrogens with one attached hydrogen (secondary N) is 1. The second-order valence-corrected chi connectivity index (χ2v) is 5.85. The lowest BCUT2D eigenvalue weighted by molar-refractivity contribution is -0.119. The predicted octanol–water partition coefficient (Wildman–Crippen LogP) is 3.96. The molecule has 0 aliphatic carbocycles. The van der Waals surface area contributed by atoms with Crippen molar-refractivity contribution < 1.29 is 4.79 Å². The van der Waals surface area contributed by atoms with E-state index in [1.165, 1.54) is 5.56 Å². The maximum atomic E-state index is 11.9. The fourth-order valence-corrected chi connectivity index (χ4v) is 2.62. The van der Waals surface area contributed by atoms with Crippen LogP contribution in [0.4, 0.5) is 0 Å². The van der Waals surface area contributed by atoms with Gasteiger partial charge in [-0.05, 0) is 31.5 Å². The topological polar surface area (TPSA) is 29.1 Å². The van der Waals surface area contributed by atoms with Gasteiger partial charge in [-0.1, -0.05) is 48.0 Å². The average Bonchev–Trinajstić information content (AvgIpc) is 2.47. The van der Waals surface area contributed by atoms with Crippen molar-refractivity contribution >= 4 is 17.7 Å². The molecule has 0 spiro atoms. The van der Waals surface area contributed by atoms with Crippen LogP contribution in [0.1, 0.15) is 24.1 Å². The maximum absolute atomic E-state index is 11.9. The Morgan fingerprint density at radius 2 is 1.75 bits per heavy atom. The van der Waals surface area contributed by atoms with Crippen LogP contribution < -0.4 is 5.32 Å². The largest absolute Gasteiger partial charge is 0.349 e. The van der Waals surface area contributed by atoms with Crippen LogP contribution in [-0.2, 0) is 4.79 Å². The molecule has 1 amide bonds. The van der Waals surface area contributed by atoms with Gasteiger partial charge in [0.25, 0.3) is 0 Å². The molecular weight excluding hydrogens is 266 g/mol. The van der Waals surface area contributed by atoms with Gasteiger partial charge in [0.15, 0.2) is 0 Å². The molecular formula is C17H19NOS. The third-order valence-electron chi connectivity index (χ3n) is 3.07. The zero-order valence-electron chi connectivity index (χ0n) is 11.8. The smallest absolute Gasteiger partial charge is 0.230 e. The third kappa shape index (κ3) is 4.42. The number of carbonyl (C=O) groups excluding carboxylic acids is 1. The summed E-state index contributed by atoms with van der Waals surface area (Å²) in [6, 6.07) is 18.3. The lowest BCUT2D eigenvalue weighted by Gasteiger charge is -2.14. The Morgan fingerprint density at radius 1 is 1.10 bits per heavy atom. The summed E-state index contributed by atoms with van der Waals surface area (Å²) in [6.07, 6.45) is 0. The first-order valence-corrected chi connectivity index (χ1v) is 7.67. The molecule has 0 aliphatic heterocycles. The van der Waals surface area contributed by atoms with Crippen molar-refractivity contribution in [2.24, 2.45) is 0 Å². The number of hydrogen-bond donors (Lipinski definition) is 1. The average molecular weight is 285 g/mol. The lowest BCUT2D eigenvalue weighted by Crippen LogP contribution is -2.28. The summed E-state index contributed by atoms with van der Waals surface area (Å²) in [4.78, 5) is 13.1. The number of hydrogen-bond acceptors (Lipinski definition) is 2. The molecule has 104 valence electrons.